The van der Waals surface area contributed by atoms with E-state index < -0.39 is 0 Å². The van der Waals surface area contributed by atoms with E-state index in [0.717, 1.165) is 18.4 Å². The number of hydrogen-bond acceptors (Lipinski definition) is 4. The third-order valence-electron chi connectivity index (χ3n) is 4.31. The summed E-state index contributed by atoms with van der Waals surface area (Å²) < 4.78 is 7.36. The molecule has 0 saturated heterocycles. The van der Waals surface area contributed by atoms with Crippen LogP contribution in [-0.2, 0) is 0 Å². The second-order valence-corrected chi connectivity index (χ2v) is 5.70. The quantitative estimate of drug-likeness (QED) is 0.879. The average molecular weight is 296 g/mol. The molecule has 0 atom stereocenters. The Kier molecular flexibility index (Phi) is 4.01. The third kappa shape index (κ3) is 2.52. The summed E-state index contributed by atoms with van der Waals surface area (Å²) in [4.78, 5) is 0. The van der Waals surface area contributed by atoms with Gasteiger partial charge in [0.25, 0.3) is 0 Å². The van der Waals surface area contributed by atoms with E-state index in [1.807, 2.05) is 23.0 Å². The van der Waals surface area contributed by atoms with Crippen molar-refractivity contribution in [2.75, 3.05) is 12.8 Å². The molecule has 0 amide bonds. The van der Waals surface area contributed by atoms with E-state index in [9.17, 15) is 5.26 Å². The van der Waals surface area contributed by atoms with Crippen LogP contribution in [0.4, 0.5) is 5.69 Å². The lowest BCUT2D eigenvalue weighted by Gasteiger charge is -2.21. The van der Waals surface area contributed by atoms with Gasteiger partial charge >= 0.3 is 0 Å². The number of nitrogen functional groups attached to an aromatic ring is 1. The molecule has 22 heavy (non-hydrogen) atoms. The highest BCUT2D eigenvalue weighted by Crippen LogP contribution is 2.37. The van der Waals surface area contributed by atoms with Crippen molar-refractivity contribution in [3.8, 4) is 23.1 Å². The zero-order chi connectivity index (χ0) is 15.5. The van der Waals surface area contributed by atoms with Crippen molar-refractivity contribution < 1.29 is 4.74 Å². The standard InChI is InChI=1S/C17H20N4O/c1-22-17-14(8-5-9-15(17)19)16-12(10-18)11-21(20-16)13-6-3-2-4-7-13/h5,8-9,11,13H,2-4,6-7,19H2,1H3. The number of benzene rings is 1. The van der Waals surface area contributed by atoms with Crippen molar-refractivity contribution >= 4 is 5.69 Å². The number of para-hydroxylation sites is 1. The van der Waals surface area contributed by atoms with Gasteiger partial charge in [0.05, 0.1) is 24.4 Å². The Morgan fingerprint density at radius 1 is 1.32 bits per heavy atom. The normalized spacial score (nSPS) is 15.5. The van der Waals surface area contributed by atoms with Crippen molar-refractivity contribution in [2.24, 2.45) is 0 Å². The SMILES string of the molecule is COc1c(N)cccc1-c1nn(C2CCCCC2)cc1C#N. The molecule has 1 aliphatic rings. The van der Waals surface area contributed by atoms with Crippen LogP contribution in [0.25, 0.3) is 11.3 Å². The van der Waals surface area contributed by atoms with E-state index in [-0.39, 0.29) is 0 Å². The Morgan fingerprint density at radius 2 is 2.09 bits per heavy atom. The zero-order valence-corrected chi connectivity index (χ0v) is 12.7. The minimum Gasteiger partial charge on any atom is -0.494 e. The Bertz CT molecular complexity index is 708. The summed E-state index contributed by atoms with van der Waals surface area (Å²) in [5.41, 5.74) is 8.51. The third-order valence-corrected chi connectivity index (χ3v) is 4.31. The van der Waals surface area contributed by atoms with Gasteiger partial charge in [-0.2, -0.15) is 10.4 Å². The molecule has 2 aromatic rings. The first-order valence-corrected chi connectivity index (χ1v) is 7.66. The molecule has 5 nitrogen and oxygen atoms in total. The van der Waals surface area contributed by atoms with Gasteiger partial charge in [-0.15, -0.1) is 0 Å². The first kappa shape index (κ1) is 14.5. The predicted molar refractivity (Wildman–Crippen MR) is 85.5 cm³/mol. The number of aromatic nitrogens is 2. The number of anilines is 1. The maximum atomic E-state index is 9.45. The van der Waals surface area contributed by atoms with Crippen LogP contribution in [0.1, 0.15) is 43.7 Å². The topological polar surface area (TPSA) is 76.9 Å². The van der Waals surface area contributed by atoms with Gasteiger partial charge in [0.1, 0.15) is 11.8 Å². The summed E-state index contributed by atoms with van der Waals surface area (Å²) in [7, 11) is 1.58. The number of hydrogen-bond donors (Lipinski definition) is 1. The van der Waals surface area contributed by atoms with E-state index in [4.69, 9.17) is 10.5 Å². The lowest BCUT2D eigenvalue weighted by molar-refractivity contribution is 0.330. The Hall–Kier alpha value is -2.48. The molecule has 1 aromatic heterocycles. The van der Waals surface area contributed by atoms with Crippen molar-refractivity contribution in [3.05, 3.63) is 30.0 Å². The summed E-state index contributed by atoms with van der Waals surface area (Å²) in [5.74, 6) is 0.577. The van der Waals surface area contributed by atoms with Crippen molar-refractivity contribution in [3.63, 3.8) is 0 Å². The number of nitrogens with zero attached hydrogens (tertiary/aromatic N) is 3. The number of methoxy groups -OCH3 is 1. The molecule has 1 aromatic carbocycles. The van der Waals surface area contributed by atoms with Crippen molar-refractivity contribution in [2.45, 2.75) is 38.1 Å². The average Bonchev–Trinajstić information content (AvgIpc) is 2.99. The van der Waals surface area contributed by atoms with Crippen molar-refractivity contribution in [1.29, 1.82) is 5.26 Å². The summed E-state index contributed by atoms with van der Waals surface area (Å²) in [6.45, 7) is 0. The van der Waals surface area contributed by atoms with E-state index in [1.54, 1.807) is 13.2 Å². The van der Waals surface area contributed by atoms with Crippen LogP contribution in [-0.4, -0.2) is 16.9 Å². The van der Waals surface area contributed by atoms with Crippen molar-refractivity contribution in [1.82, 2.24) is 9.78 Å². The molecule has 5 heteroatoms. The van der Waals surface area contributed by atoms with E-state index in [0.29, 0.717) is 28.7 Å². The number of rotatable bonds is 3. The summed E-state index contributed by atoms with van der Waals surface area (Å²) in [5, 5.41) is 14.1. The monoisotopic (exact) mass is 296 g/mol. The lowest BCUT2D eigenvalue weighted by atomic mass is 9.96. The lowest BCUT2D eigenvalue weighted by Crippen LogP contribution is -2.13. The van der Waals surface area contributed by atoms with Gasteiger partial charge in [-0.1, -0.05) is 25.3 Å². The molecule has 1 fully saturated rings. The number of nitriles is 1. The second-order valence-electron chi connectivity index (χ2n) is 5.70. The Balaban J connectivity index is 2.06. The summed E-state index contributed by atoms with van der Waals surface area (Å²) >= 11 is 0. The fourth-order valence-electron chi connectivity index (χ4n) is 3.17. The molecule has 2 N–H and O–H groups in total. The molecule has 0 radical (unpaired) electrons. The first-order valence-electron chi connectivity index (χ1n) is 7.66. The highest BCUT2D eigenvalue weighted by Gasteiger charge is 2.21. The van der Waals surface area contributed by atoms with E-state index >= 15 is 0 Å². The molecular weight excluding hydrogens is 276 g/mol. The van der Waals surface area contributed by atoms with Gasteiger partial charge in [0.15, 0.2) is 5.75 Å². The molecule has 0 unspecified atom stereocenters. The highest BCUT2D eigenvalue weighted by atomic mass is 16.5. The first-order chi connectivity index (χ1) is 10.7. The number of nitrogens with two attached hydrogens (primary N) is 1. The van der Waals surface area contributed by atoms with Crippen LogP contribution < -0.4 is 10.5 Å². The van der Waals surface area contributed by atoms with Crippen LogP contribution in [0.2, 0.25) is 0 Å². The van der Waals surface area contributed by atoms with Crippen LogP contribution >= 0.6 is 0 Å². The maximum Gasteiger partial charge on any atom is 0.151 e. The summed E-state index contributed by atoms with van der Waals surface area (Å²) in [6, 6.07) is 8.17. The van der Waals surface area contributed by atoms with Crippen LogP contribution in [0.5, 0.6) is 5.75 Å². The minimum absolute atomic E-state index is 0.390. The molecule has 0 aliphatic heterocycles. The van der Waals surface area contributed by atoms with Gasteiger partial charge in [0.2, 0.25) is 0 Å². The minimum atomic E-state index is 0.390. The largest absolute Gasteiger partial charge is 0.494 e. The molecule has 1 saturated carbocycles. The van der Waals surface area contributed by atoms with Crippen LogP contribution in [0.3, 0.4) is 0 Å². The predicted octanol–water partition coefficient (Wildman–Crippen LogP) is 3.52. The van der Waals surface area contributed by atoms with E-state index in [2.05, 4.69) is 11.2 Å². The molecule has 1 aliphatic carbocycles. The van der Waals surface area contributed by atoms with Gasteiger partial charge in [-0.05, 0) is 25.0 Å². The highest BCUT2D eigenvalue weighted by molar-refractivity contribution is 5.78. The van der Waals surface area contributed by atoms with Gasteiger partial charge in [0, 0.05) is 11.8 Å². The summed E-state index contributed by atoms with van der Waals surface area (Å²) in [6.07, 6.45) is 7.85. The van der Waals surface area contributed by atoms with Crippen LogP contribution in [0, 0.1) is 11.3 Å². The smallest absolute Gasteiger partial charge is 0.151 e. The van der Waals surface area contributed by atoms with Gasteiger partial charge < -0.3 is 10.5 Å². The molecule has 114 valence electrons. The molecule has 0 bridgehead atoms. The van der Waals surface area contributed by atoms with E-state index in [1.165, 1.54) is 19.3 Å². The van der Waals surface area contributed by atoms with Gasteiger partial charge in [-0.3, -0.25) is 4.68 Å². The van der Waals surface area contributed by atoms with Crippen LogP contribution in [0.15, 0.2) is 24.4 Å². The molecular formula is C17H20N4O. The Labute approximate surface area is 130 Å². The zero-order valence-electron chi connectivity index (χ0n) is 12.7. The van der Waals surface area contributed by atoms with Gasteiger partial charge in [-0.25, -0.2) is 0 Å². The molecule has 0 spiro atoms. The Morgan fingerprint density at radius 3 is 2.77 bits per heavy atom. The molecule has 1 heterocycles. The molecule has 3 rings (SSSR count). The number of ether oxygens (including phenoxy) is 1. The second kappa shape index (κ2) is 6.10. The fraction of sp³-hybridized carbons (Fsp3) is 0.412. The maximum absolute atomic E-state index is 9.45. The fourth-order valence-corrected chi connectivity index (χ4v) is 3.17.